The Kier molecular flexibility index (Phi) is 3.70. The highest BCUT2D eigenvalue weighted by Crippen LogP contribution is 2.15. The van der Waals surface area contributed by atoms with Gasteiger partial charge >= 0.3 is 0 Å². The monoisotopic (exact) mass is 308 g/mol. The van der Waals surface area contributed by atoms with E-state index >= 15 is 0 Å². The molecule has 0 aliphatic rings. The summed E-state index contributed by atoms with van der Waals surface area (Å²) in [5.74, 6) is 0.360. The summed E-state index contributed by atoms with van der Waals surface area (Å²) >= 11 is 0. The molecular weight excluding hydrogens is 290 g/mol. The van der Waals surface area contributed by atoms with Gasteiger partial charge in [0.1, 0.15) is 17.0 Å². The highest BCUT2D eigenvalue weighted by molar-refractivity contribution is 5.77. The minimum atomic E-state index is -0.185. The summed E-state index contributed by atoms with van der Waals surface area (Å²) < 4.78 is 3.30. The smallest absolute Gasteiger partial charge is 0.278 e. The minimum absolute atomic E-state index is 0.185. The number of nitrogens with zero attached hydrogens (tertiary/aromatic N) is 4. The first-order valence-corrected chi connectivity index (χ1v) is 7.62. The van der Waals surface area contributed by atoms with Gasteiger partial charge in [-0.1, -0.05) is 24.4 Å². The molecule has 2 N–H and O–H groups in total. The highest BCUT2D eigenvalue weighted by atomic mass is 16.1. The van der Waals surface area contributed by atoms with E-state index in [1.54, 1.807) is 10.8 Å². The van der Waals surface area contributed by atoms with Gasteiger partial charge in [0, 0.05) is 11.8 Å². The highest BCUT2D eigenvalue weighted by Gasteiger charge is 2.21. The number of hydrogen-bond donors (Lipinski definition) is 1. The van der Waals surface area contributed by atoms with Gasteiger partial charge in [-0.05, 0) is 25.5 Å². The van der Waals surface area contributed by atoms with Crippen LogP contribution in [0.25, 0.3) is 16.7 Å². The molecule has 3 heterocycles. The van der Waals surface area contributed by atoms with Gasteiger partial charge in [-0.15, -0.1) is 0 Å². The Balaban J connectivity index is 2.50. The zero-order valence-corrected chi connectivity index (χ0v) is 13.2. The largest absolute Gasteiger partial charge is 0.317 e. The van der Waals surface area contributed by atoms with Crippen LogP contribution in [0.2, 0.25) is 0 Å². The molecule has 0 bridgehead atoms. The number of hydrogen-bond acceptors (Lipinski definition) is 4. The van der Waals surface area contributed by atoms with Crippen molar-refractivity contribution in [2.45, 2.75) is 33.2 Å². The maximum absolute atomic E-state index is 12.8. The predicted octanol–water partition coefficient (Wildman–Crippen LogP) is 1.70. The SMILES string of the molecule is CCCC[n+]1c(N)c(C#N)cc2c(=O)n3cccc(C)c3nc21. The van der Waals surface area contributed by atoms with Gasteiger partial charge in [-0.2, -0.15) is 5.26 Å². The molecule has 116 valence electrons. The predicted molar refractivity (Wildman–Crippen MR) is 87.9 cm³/mol. The van der Waals surface area contributed by atoms with Crippen LogP contribution in [0.4, 0.5) is 5.82 Å². The van der Waals surface area contributed by atoms with Crippen LogP contribution >= 0.6 is 0 Å². The van der Waals surface area contributed by atoms with E-state index in [9.17, 15) is 10.1 Å². The fraction of sp³-hybridized carbons (Fsp3) is 0.294. The normalized spacial score (nSPS) is 11.0. The molecule has 0 unspecified atom stereocenters. The third-order valence-electron chi connectivity index (χ3n) is 4.03. The van der Waals surface area contributed by atoms with Crippen LogP contribution in [0.5, 0.6) is 0 Å². The van der Waals surface area contributed by atoms with E-state index in [1.807, 2.05) is 19.1 Å². The van der Waals surface area contributed by atoms with E-state index in [0.717, 1.165) is 18.4 Å². The third kappa shape index (κ3) is 2.30. The number of anilines is 1. The zero-order chi connectivity index (χ0) is 16.6. The summed E-state index contributed by atoms with van der Waals surface area (Å²) in [4.78, 5) is 17.5. The van der Waals surface area contributed by atoms with Crippen molar-refractivity contribution in [3.63, 3.8) is 0 Å². The Morgan fingerprint density at radius 3 is 2.96 bits per heavy atom. The second kappa shape index (κ2) is 5.69. The Labute approximate surface area is 133 Å². The standard InChI is InChI=1S/C17H17N5O/c1-3-4-7-21-14(19)12(10-18)9-13-16(21)20-15-11(2)6-5-8-22(15)17(13)23/h5-6,8-9,19H,3-4,7H2,1-2H3/p+1. The van der Waals surface area contributed by atoms with Gasteiger partial charge in [-0.25, -0.2) is 4.57 Å². The first-order chi connectivity index (χ1) is 11.1. The van der Waals surface area contributed by atoms with Crippen LogP contribution in [-0.4, -0.2) is 9.38 Å². The number of fused-ring (bicyclic) bond motifs is 2. The van der Waals surface area contributed by atoms with Gasteiger partial charge in [0.25, 0.3) is 11.2 Å². The van der Waals surface area contributed by atoms with E-state index in [1.165, 1.54) is 10.5 Å². The molecule has 23 heavy (non-hydrogen) atoms. The molecule has 0 spiro atoms. The summed E-state index contributed by atoms with van der Waals surface area (Å²) in [5, 5.41) is 9.72. The lowest BCUT2D eigenvalue weighted by Gasteiger charge is -2.09. The van der Waals surface area contributed by atoms with Crippen molar-refractivity contribution in [3.05, 3.63) is 45.9 Å². The van der Waals surface area contributed by atoms with Crippen molar-refractivity contribution in [1.29, 1.82) is 5.26 Å². The Hall–Kier alpha value is -2.94. The summed E-state index contributed by atoms with van der Waals surface area (Å²) in [5.41, 5.74) is 8.31. The Morgan fingerprint density at radius 1 is 1.48 bits per heavy atom. The molecule has 6 heteroatoms. The van der Waals surface area contributed by atoms with Crippen LogP contribution in [-0.2, 0) is 6.54 Å². The molecule has 0 aliphatic heterocycles. The molecule has 0 aromatic carbocycles. The van der Waals surface area contributed by atoms with Gasteiger partial charge in [0.05, 0.1) is 6.54 Å². The molecule has 0 radical (unpaired) electrons. The molecule has 3 aromatic heterocycles. The number of aromatic nitrogens is 3. The minimum Gasteiger partial charge on any atom is -0.317 e. The molecule has 0 fully saturated rings. The molecule has 0 amide bonds. The van der Waals surface area contributed by atoms with Crippen molar-refractivity contribution in [3.8, 4) is 6.07 Å². The quantitative estimate of drug-likeness (QED) is 0.589. The van der Waals surface area contributed by atoms with E-state index in [-0.39, 0.29) is 5.56 Å². The van der Waals surface area contributed by atoms with Crippen LogP contribution in [0, 0.1) is 18.3 Å². The number of pyridine rings is 2. The van der Waals surface area contributed by atoms with Crippen molar-refractivity contribution in [2.75, 3.05) is 5.73 Å². The van der Waals surface area contributed by atoms with Crippen molar-refractivity contribution >= 4 is 22.5 Å². The lowest BCUT2D eigenvalue weighted by Crippen LogP contribution is -2.41. The second-order valence-corrected chi connectivity index (χ2v) is 5.60. The number of nitrogens with two attached hydrogens (primary N) is 1. The van der Waals surface area contributed by atoms with Crippen molar-refractivity contribution < 1.29 is 4.57 Å². The Morgan fingerprint density at radius 2 is 2.26 bits per heavy atom. The first-order valence-electron chi connectivity index (χ1n) is 7.62. The van der Waals surface area contributed by atoms with E-state index in [4.69, 9.17) is 5.73 Å². The summed E-state index contributed by atoms with van der Waals surface area (Å²) in [6.07, 6.45) is 3.57. The fourth-order valence-electron chi connectivity index (χ4n) is 2.74. The lowest BCUT2D eigenvalue weighted by molar-refractivity contribution is -0.659. The summed E-state index contributed by atoms with van der Waals surface area (Å²) in [7, 11) is 0. The lowest BCUT2D eigenvalue weighted by atomic mass is 10.2. The molecule has 0 aliphatic carbocycles. The average molecular weight is 308 g/mol. The van der Waals surface area contributed by atoms with Crippen molar-refractivity contribution in [2.24, 2.45) is 0 Å². The number of aryl methyl sites for hydroxylation is 2. The average Bonchev–Trinajstić information content (AvgIpc) is 2.55. The second-order valence-electron chi connectivity index (χ2n) is 5.60. The summed E-state index contributed by atoms with van der Waals surface area (Å²) in [6, 6.07) is 7.33. The number of unbranched alkanes of at least 4 members (excludes halogenated alkanes) is 1. The third-order valence-corrected chi connectivity index (χ3v) is 4.03. The molecule has 3 rings (SSSR count). The Bertz CT molecular complexity index is 1010. The fourth-order valence-corrected chi connectivity index (χ4v) is 2.74. The number of nitriles is 1. The molecule has 3 aromatic rings. The van der Waals surface area contributed by atoms with E-state index in [2.05, 4.69) is 18.0 Å². The van der Waals surface area contributed by atoms with Crippen LogP contribution in [0.15, 0.2) is 29.2 Å². The molecule has 0 saturated heterocycles. The van der Waals surface area contributed by atoms with E-state index in [0.29, 0.717) is 34.6 Å². The van der Waals surface area contributed by atoms with Crippen LogP contribution in [0.3, 0.4) is 0 Å². The van der Waals surface area contributed by atoms with Gasteiger partial charge in [-0.3, -0.25) is 9.20 Å². The van der Waals surface area contributed by atoms with Gasteiger partial charge < -0.3 is 5.73 Å². The zero-order valence-electron chi connectivity index (χ0n) is 13.2. The molecule has 6 nitrogen and oxygen atoms in total. The van der Waals surface area contributed by atoms with Crippen LogP contribution < -0.4 is 15.9 Å². The maximum Gasteiger partial charge on any atom is 0.278 e. The topological polar surface area (TPSA) is 88.1 Å². The molecule has 0 atom stereocenters. The van der Waals surface area contributed by atoms with Gasteiger partial charge in [0.15, 0.2) is 0 Å². The van der Waals surface area contributed by atoms with E-state index < -0.39 is 0 Å². The van der Waals surface area contributed by atoms with Crippen LogP contribution in [0.1, 0.15) is 30.9 Å². The number of rotatable bonds is 3. The summed E-state index contributed by atoms with van der Waals surface area (Å²) in [6.45, 7) is 4.62. The number of nitrogen functional groups attached to an aromatic ring is 1. The van der Waals surface area contributed by atoms with Crippen molar-refractivity contribution in [1.82, 2.24) is 9.38 Å². The molecule has 0 saturated carbocycles. The van der Waals surface area contributed by atoms with Gasteiger partial charge in [0.2, 0.25) is 11.5 Å². The molecular formula is C17H18N5O+. The maximum atomic E-state index is 12.8. The first kappa shape index (κ1) is 15.0.